The van der Waals surface area contributed by atoms with Gasteiger partial charge in [-0.15, -0.1) is 11.8 Å². The summed E-state index contributed by atoms with van der Waals surface area (Å²) in [5, 5.41) is 0. The Labute approximate surface area is 229 Å². The van der Waals surface area contributed by atoms with E-state index in [0.29, 0.717) is 0 Å². The average Bonchev–Trinajstić information content (AvgIpc) is 2.99. The van der Waals surface area contributed by atoms with Crippen molar-refractivity contribution in [3.63, 3.8) is 0 Å². The Morgan fingerprint density at radius 1 is 0.615 bits per heavy atom. The fraction of sp³-hybridized carbons (Fsp3) is 0.241. The molecule has 0 aliphatic carbocycles. The second-order valence-electron chi connectivity index (χ2n) is 8.39. The number of methoxy groups -OCH3 is 1. The standard InChI is InChI=1S/C29H26O9S/c1-34-28(33)23-21(35-25(30)18-12-6-3-7-13-18)22(36-26(31)19-14-8-4-9-15-19)24(29(38-23)39-2)37-27(32)20-16-10-5-11-17-20/h3-17,21-24,29H,1-2H3/t21-,22+,23+,24-,29+/m1/s1. The SMILES string of the molecule is COC(=O)[C@H]1O[C@@H](SC)[C@H](OC(=O)c2ccccc2)[C@@H](OC(=O)c2ccccc2)[C@H]1OC(=O)c1ccccc1. The number of esters is 4. The zero-order valence-corrected chi connectivity index (χ0v) is 21.9. The average molecular weight is 551 g/mol. The summed E-state index contributed by atoms with van der Waals surface area (Å²) in [7, 11) is 1.16. The summed E-state index contributed by atoms with van der Waals surface area (Å²) in [5.74, 6) is -3.13. The number of hydrogen-bond donors (Lipinski definition) is 0. The number of benzene rings is 3. The first-order valence-electron chi connectivity index (χ1n) is 12.0. The van der Waals surface area contributed by atoms with E-state index >= 15 is 0 Å². The lowest BCUT2D eigenvalue weighted by atomic mass is 9.98. The van der Waals surface area contributed by atoms with Gasteiger partial charge in [-0.05, 0) is 42.7 Å². The molecule has 0 aromatic heterocycles. The Morgan fingerprint density at radius 3 is 1.38 bits per heavy atom. The summed E-state index contributed by atoms with van der Waals surface area (Å²) in [4.78, 5) is 52.2. The number of carbonyl (C=O) groups excluding carboxylic acids is 4. The molecule has 1 aliphatic heterocycles. The summed E-state index contributed by atoms with van der Waals surface area (Å²) in [6.07, 6.45) is -3.98. The smallest absolute Gasteiger partial charge is 0.339 e. The second kappa shape index (κ2) is 13.1. The van der Waals surface area contributed by atoms with Gasteiger partial charge in [0, 0.05) is 0 Å². The molecule has 10 heteroatoms. The zero-order valence-electron chi connectivity index (χ0n) is 21.1. The Balaban J connectivity index is 1.74. The minimum atomic E-state index is -1.50. The van der Waals surface area contributed by atoms with Crippen molar-refractivity contribution >= 4 is 35.6 Å². The van der Waals surface area contributed by atoms with Gasteiger partial charge in [-0.2, -0.15) is 0 Å². The molecule has 0 N–H and O–H groups in total. The van der Waals surface area contributed by atoms with Gasteiger partial charge < -0.3 is 23.7 Å². The quantitative estimate of drug-likeness (QED) is 0.302. The number of ether oxygens (including phenoxy) is 5. The molecule has 1 heterocycles. The summed E-state index contributed by atoms with van der Waals surface area (Å²) >= 11 is 1.13. The van der Waals surface area contributed by atoms with Crippen molar-refractivity contribution in [3.8, 4) is 0 Å². The van der Waals surface area contributed by atoms with Gasteiger partial charge in [0.25, 0.3) is 0 Å². The van der Waals surface area contributed by atoms with E-state index in [0.717, 1.165) is 18.9 Å². The van der Waals surface area contributed by atoms with Crippen LogP contribution in [0.5, 0.6) is 0 Å². The molecule has 0 amide bonds. The van der Waals surface area contributed by atoms with Gasteiger partial charge >= 0.3 is 23.9 Å². The van der Waals surface area contributed by atoms with Gasteiger partial charge in [-0.25, -0.2) is 19.2 Å². The van der Waals surface area contributed by atoms with Crippen LogP contribution in [0.4, 0.5) is 0 Å². The third-order valence-electron chi connectivity index (χ3n) is 5.92. The van der Waals surface area contributed by atoms with E-state index in [9.17, 15) is 19.2 Å². The lowest BCUT2D eigenvalue weighted by Gasteiger charge is -2.43. The second-order valence-corrected chi connectivity index (χ2v) is 9.33. The number of carbonyl (C=O) groups is 4. The van der Waals surface area contributed by atoms with Crippen LogP contribution in [0.2, 0.25) is 0 Å². The van der Waals surface area contributed by atoms with Crippen molar-refractivity contribution in [1.29, 1.82) is 0 Å². The Hall–Kier alpha value is -4.15. The largest absolute Gasteiger partial charge is 0.467 e. The summed E-state index contributed by atoms with van der Waals surface area (Å²) < 4.78 is 28.2. The molecule has 1 aliphatic rings. The molecular weight excluding hydrogens is 524 g/mol. The van der Waals surface area contributed by atoms with Gasteiger partial charge in [0.1, 0.15) is 5.44 Å². The topological polar surface area (TPSA) is 114 Å². The van der Waals surface area contributed by atoms with Gasteiger partial charge in [0.15, 0.2) is 24.4 Å². The van der Waals surface area contributed by atoms with Crippen molar-refractivity contribution in [1.82, 2.24) is 0 Å². The maximum Gasteiger partial charge on any atom is 0.339 e. The van der Waals surface area contributed by atoms with Crippen LogP contribution < -0.4 is 0 Å². The first-order valence-corrected chi connectivity index (χ1v) is 13.3. The van der Waals surface area contributed by atoms with Crippen molar-refractivity contribution in [2.75, 3.05) is 13.4 Å². The van der Waals surface area contributed by atoms with Crippen LogP contribution >= 0.6 is 11.8 Å². The predicted molar refractivity (Wildman–Crippen MR) is 141 cm³/mol. The number of thioether (sulfide) groups is 1. The third kappa shape index (κ3) is 6.65. The van der Waals surface area contributed by atoms with E-state index in [4.69, 9.17) is 23.7 Å². The predicted octanol–water partition coefficient (Wildman–Crippen LogP) is 3.92. The number of rotatable bonds is 8. The highest BCUT2D eigenvalue weighted by Gasteiger charge is 2.55. The highest BCUT2D eigenvalue weighted by Crippen LogP contribution is 2.34. The molecule has 0 radical (unpaired) electrons. The van der Waals surface area contributed by atoms with Crippen LogP contribution in [-0.2, 0) is 28.5 Å². The van der Waals surface area contributed by atoms with E-state index in [2.05, 4.69) is 0 Å². The minimum absolute atomic E-state index is 0.194. The lowest BCUT2D eigenvalue weighted by molar-refractivity contribution is -0.211. The van der Waals surface area contributed by atoms with E-state index in [-0.39, 0.29) is 16.7 Å². The highest BCUT2D eigenvalue weighted by molar-refractivity contribution is 7.99. The fourth-order valence-electron chi connectivity index (χ4n) is 3.99. The maximum absolute atomic E-state index is 13.2. The van der Waals surface area contributed by atoms with E-state index in [1.54, 1.807) is 85.1 Å². The molecule has 4 rings (SSSR count). The van der Waals surface area contributed by atoms with Crippen LogP contribution in [0.1, 0.15) is 31.1 Å². The maximum atomic E-state index is 13.2. The van der Waals surface area contributed by atoms with E-state index in [1.165, 1.54) is 12.1 Å². The van der Waals surface area contributed by atoms with Crippen molar-refractivity contribution < 1.29 is 42.9 Å². The van der Waals surface area contributed by atoms with Crippen molar-refractivity contribution in [3.05, 3.63) is 108 Å². The molecule has 0 saturated carbocycles. The molecule has 3 aromatic carbocycles. The molecule has 3 aromatic rings. The highest BCUT2D eigenvalue weighted by atomic mass is 32.2. The van der Waals surface area contributed by atoms with Crippen LogP contribution in [0.15, 0.2) is 91.0 Å². The van der Waals surface area contributed by atoms with E-state index in [1.807, 2.05) is 0 Å². The lowest BCUT2D eigenvalue weighted by Crippen LogP contribution is -2.62. The molecule has 39 heavy (non-hydrogen) atoms. The minimum Gasteiger partial charge on any atom is -0.467 e. The van der Waals surface area contributed by atoms with Crippen molar-refractivity contribution in [2.45, 2.75) is 29.9 Å². The Bertz CT molecular complexity index is 1280. The van der Waals surface area contributed by atoms with Gasteiger partial charge in [0.05, 0.1) is 23.8 Å². The molecule has 1 saturated heterocycles. The molecule has 1 fully saturated rings. The molecule has 5 atom stereocenters. The molecule has 202 valence electrons. The fourth-order valence-corrected chi connectivity index (χ4v) is 4.70. The summed E-state index contributed by atoms with van der Waals surface area (Å²) in [5.41, 5.74) is -0.319. The van der Waals surface area contributed by atoms with Crippen LogP contribution in [0.3, 0.4) is 0 Å². The number of hydrogen-bond acceptors (Lipinski definition) is 10. The third-order valence-corrected chi connectivity index (χ3v) is 6.76. The summed E-state index contributed by atoms with van der Waals surface area (Å²) in [6.45, 7) is 0. The van der Waals surface area contributed by atoms with Crippen molar-refractivity contribution in [2.24, 2.45) is 0 Å². The Morgan fingerprint density at radius 2 is 1.00 bits per heavy atom. The van der Waals surface area contributed by atoms with E-state index < -0.39 is 53.7 Å². The van der Waals surface area contributed by atoms with Gasteiger partial charge in [-0.3, -0.25) is 0 Å². The van der Waals surface area contributed by atoms with Gasteiger partial charge in [-0.1, -0.05) is 54.6 Å². The Kier molecular flexibility index (Phi) is 9.35. The molecular formula is C29H26O9S. The van der Waals surface area contributed by atoms with Crippen LogP contribution in [0, 0.1) is 0 Å². The first-order chi connectivity index (χ1) is 18.9. The normalized spacial score (nSPS) is 22.3. The van der Waals surface area contributed by atoms with Crippen LogP contribution in [0.25, 0.3) is 0 Å². The van der Waals surface area contributed by atoms with Crippen LogP contribution in [-0.4, -0.2) is 67.1 Å². The molecule has 0 bridgehead atoms. The van der Waals surface area contributed by atoms with Gasteiger partial charge in [0.2, 0.25) is 0 Å². The zero-order chi connectivity index (χ0) is 27.8. The first kappa shape index (κ1) is 27.9. The monoisotopic (exact) mass is 550 g/mol. The molecule has 0 spiro atoms. The molecule has 0 unspecified atom stereocenters. The summed E-state index contributed by atoms with van der Waals surface area (Å²) in [6, 6.07) is 24.4. The molecule has 9 nitrogen and oxygen atoms in total.